The van der Waals surface area contributed by atoms with Crippen LogP contribution in [0.1, 0.15) is 11.5 Å². The molecule has 1 aromatic carbocycles. The first-order chi connectivity index (χ1) is 14.0. The Morgan fingerprint density at radius 2 is 1.76 bits per heavy atom. The van der Waals surface area contributed by atoms with Gasteiger partial charge in [-0.1, -0.05) is 17.3 Å². The fourth-order valence-electron chi connectivity index (χ4n) is 3.52. The molecule has 1 aliphatic rings. The minimum absolute atomic E-state index is 0.0672. The van der Waals surface area contributed by atoms with E-state index in [1.807, 2.05) is 29.2 Å². The van der Waals surface area contributed by atoms with Crippen LogP contribution in [0.3, 0.4) is 0 Å². The van der Waals surface area contributed by atoms with Crippen molar-refractivity contribution in [3.05, 3.63) is 47.9 Å². The molecule has 0 radical (unpaired) electrons. The van der Waals surface area contributed by atoms with Gasteiger partial charge in [-0.25, -0.2) is 0 Å². The van der Waals surface area contributed by atoms with Gasteiger partial charge in [-0.15, -0.1) is 15.3 Å². The van der Waals surface area contributed by atoms with Gasteiger partial charge in [-0.3, -0.25) is 4.90 Å². The van der Waals surface area contributed by atoms with Crippen LogP contribution < -0.4 is 4.90 Å². The summed E-state index contributed by atoms with van der Waals surface area (Å²) in [6.45, 7) is 3.39. The van der Waals surface area contributed by atoms with Crippen LogP contribution >= 0.6 is 0 Å². The zero-order valence-electron chi connectivity index (χ0n) is 15.2. The second-order valence-corrected chi connectivity index (χ2v) is 6.87. The van der Waals surface area contributed by atoms with Crippen LogP contribution in [0.5, 0.6) is 0 Å². The predicted octanol–water partition coefficient (Wildman–Crippen LogP) is 2.61. The Kier molecular flexibility index (Phi) is 4.12. The fraction of sp³-hybridized carbons (Fsp3) is 0.333. The number of nitrogens with zero attached hydrogens (tertiary/aromatic N) is 7. The van der Waals surface area contributed by atoms with E-state index in [0.29, 0.717) is 25.5 Å². The lowest BCUT2D eigenvalue weighted by atomic mass is 10.2. The standard InChI is InChI=1S/C18H16F3N7O/c19-18(20,21)17-23-22-15-5-6-16(24-28(15)17)27-9-7-26(8-10-27)11-13-12-3-1-2-4-14(12)29-25-13/h1-6H,7-11H2. The minimum atomic E-state index is -4.61. The summed E-state index contributed by atoms with van der Waals surface area (Å²) in [5.41, 5.74) is 1.71. The molecule has 4 aromatic rings. The fourth-order valence-corrected chi connectivity index (χ4v) is 3.52. The minimum Gasteiger partial charge on any atom is -0.356 e. The Morgan fingerprint density at radius 1 is 0.966 bits per heavy atom. The van der Waals surface area contributed by atoms with Crippen molar-refractivity contribution in [3.63, 3.8) is 0 Å². The van der Waals surface area contributed by atoms with Crippen LogP contribution in [0.4, 0.5) is 19.0 Å². The summed E-state index contributed by atoms with van der Waals surface area (Å²) < 4.78 is 45.3. The molecule has 0 N–H and O–H groups in total. The number of anilines is 1. The average molecular weight is 403 g/mol. The molecule has 1 saturated heterocycles. The Balaban J connectivity index is 1.30. The smallest absolute Gasteiger partial charge is 0.356 e. The molecule has 3 aromatic heterocycles. The van der Waals surface area contributed by atoms with E-state index in [-0.39, 0.29) is 5.65 Å². The number of halogens is 3. The predicted molar refractivity (Wildman–Crippen MR) is 97.3 cm³/mol. The number of benzene rings is 1. The molecular weight excluding hydrogens is 387 g/mol. The van der Waals surface area contributed by atoms with Gasteiger partial charge in [0.15, 0.2) is 11.2 Å². The van der Waals surface area contributed by atoms with E-state index in [2.05, 4.69) is 25.4 Å². The maximum Gasteiger partial charge on any atom is 0.453 e. The van der Waals surface area contributed by atoms with Gasteiger partial charge in [-0.05, 0) is 24.3 Å². The van der Waals surface area contributed by atoms with Crippen molar-refractivity contribution >= 4 is 22.4 Å². The number of piperazine rings is 1. The monoisotopic (exact) mass is 403 g/mol. The molecule has 0 unspecified atom stereocenters. The van der Waals surface area contributed by atoms with E-state index >= 15 is 0 Å². The van der Waals surface area contributed by atoms with Crippen molar-refractivity contribution in [2.75, 3.05) is 31.1 Å². The van der Waals surface area contributed by atoms with Gasteiger partial charge in [0.2, 0.25) is 0 Å². The van der Waals surface area contributed by atoms with Crippen molar-refractivity contribution in [3.8, 4) is 0 Å². The molecule has 0 bridgehead atoms. The number of aromatic nitrogens is 5. The lowest BCUT2D eigenvalue weighted by molar-refractivity contribution is -0.146. The average Bonchev–Trinajstić information content (AvgIpc) is 3.32. The van der Waals surface area contributed by atoms with E-state index in [0.717, 1.165) is 34.3 Å². The molecule has 11 heteroatoms. The zero-order valence-corrected chi connectivity index (χ0v) is 15.2. The molecular formula is C18H16F3N7O. The second-order valence-electron chi connectivity index (χ2n) is 6.87. The molecule has 1 fully saturated rings. The highest BCUT2D eigenvalue weighted by Crippen LogP contribution is 2.28. The Bertz CT molecular complexity index is 1160. The zero-order chi connectivity index (χ0) is 20.0. The second kappa shape index (κ2) is 6.69. The molecule has 1 aliphatic heterocycles. The van der Waals surface area contributed by atoms with Crippen molar-refractivity contribution in [1.29, 1.82) is 0 Å². The van der Waals surface area contributed by atoms with Crippen molar-refractivity contribution in [1.82, 2.24) is 29.9 Å². The maximum absolute atomic E-state index is 13.1. The van der Waals surface area contributed by atoms with E-state index < -0.39 is 12.0 Å². The summed E-state index contributed by atoms with van der Waals surface area (Å²) in [7, 11) is 0. The summed E-state index contributed by atoms with van der Waals surface area (Å²) in [4.78, 5) is 4.19. The number of alkyl halides is 3. The lowest BCUT2D eigenvalue weighted by Gasteiger charge is -2.34. The highest BCUT2D eigenvalue weighted by Gasteiger charge is 2.37. The van der Waals surface area contributed by atoms with E-state index in [1.54, 1.807) is 6.07 Å². The summed E-state index contributed by atoms with van der Waals surface area (Å²) in [5, 5.41) is 16.0. The Morgan fingerprint density at radius 3 is 2.55 bits per heavy atom. The van der Waals surface area contributed by atoms with Crippen LogP contribution in [0.15, 0.2) is 40.9 Å². The van der Waals surface area contributed by atoms with Gasteiger partial charge in [-0.2, -0.15) is 17.7 Å². The van der Waals surface area contributed by atoms with Gasteiger partial charge < -0.3 is 9.42 Å². The molecule has 150 valence electrons. The van der Waals surface area contributed by atoms with Crippen LogP contribution in [0.2, 0.25) is 0 Å². The number of fused-ring (bicyclic) bond motifs is 2. The Labute approximate surface area is 162 Å². The van der Waals surface area contributed by atoms with Crippen molar-refractivity contribution in [2.45, 2.75) is 12.7 Å². The van der Waals surface area contributed by atoms with E-state index in [4.69, 9.17) is 4.52 Å². The van der Waals surface area contributed by atoms with Gasteiger partial charge in [0.05, 0.1) is 0 Å². The highest BCUT2D eigenvalue weighted by molar-refractivity contribution is 5.79. The van der Waals surface area contributed by atoms with Crippen LogP contribution in [-0.2, 0) is 12.7 Å². The molecule has 0 atom stereocenters. The molecule has 8 nitrogen and oxygen atoms in total. The molecule has 29 heavy (non-hydrogen) atoms. The third-order valence-corrected chi connectivity index (χ3v) is 5.02. The topological polar surface area (TPSA) is 75.6 Å². The van der Waals surface area contributed by atoms with Crippen LogP contribution in [-0.4, -0.2) is 56.0 Å². The van der Waals surface area contributed by atoms with Crippen LogP contribution in [0, 0.1) is 0 Å². The summed E-state index contributed by atoms with van der Waals surface area (Å²) >= 11 is 0. The Hall–Kier alpha value is -3.21. The number of para-hydroxylation sites is 1. The third-order valence-electron chi connectivity index (χ3n) is 5.02. The first-order valence-corrected chi connectivity index (χ1v) is 9.09. The van der Waals surface area contributed by atoms with Gasteiger partial charge in [0, 0.05) is 38.1 Å². The summed E-state index contributed by atoms with van der Waals surface area (Å²) in [6, 6.07) is 10.9. The van der Waals surface area contributed by atoms with E-state index in [1.165, 1.54) is 6.07 Å². The van der Waals surface area contributed by atoms with Crippen molar-refractivity contribution in [2.24, 2.45) is 0 Å². The first kappa shape index (κ1) is 17.9. The molecule has 4 heterocycles. The molecule has 0 aliphatic carbocycles. The maximum atomic E-state index is 13.1. The van der Waals surface area contributed by atoms with Gasteiger partial charge >= 0.3 is 6.18 Å². The number of hydrogen-bond donors (Lipinski definition) is 0. The molecule has 0 amide bonds. The quantitative estimate of drug-likeness (QED) is 0.521. The molecule has 0 spiro atoms. The molecule has 5 rings (SSSR count). The number of rotatable bonds is 3. The SMILES string of the molecule is FC(F)(F)c1nnc2ccc(N3CCN(Cc4noc5ccccc45)CC3)nn12. The first-order valence-electron chi connectivity index (χ1n) is 9.09. The van der Waals surface area contributed by atoms with E-state index in [9.17, 15) is 13.2 Å². The van der Waals surface area contributed by atoms with Crippen molar-refractivity contribution < 1.29 is 17.7 Å². The molecule has 0 saturated carbocycles. The normalized spacial score (nSPS) is 16.2. The lowest BCUT2D eigenvalue weighted by Crippen LogP contribution is -2.46. The van der Waals surface area contributed by atoms with Gasteiger partial charge in [0.25, 0.3) is 5.82 Å². The summed E-state index contributed by atoms with van der Waals surface area (Å²) in [6.07, 6.45) is -4.61. The summed E-state index contributed by atoms with van der Waals surface area (Å²) in [5.74, 6) is -0.653. The largest absolute Gasteiger partial charge is 0.453 e. The third kappa shape index (κ3) is 3.27. The highest BCUT2D eigenvalue weighted by atomic mass is 19.4. The number of hydrogen-bond acceptors (Lipinski definition) is 7. The van der Waals surface area contributed by atoms with Crippen LogP contribution in [0.25, 0.3) is 16.6 Å². The van der Waals surface area contributed by atoms with Gasteiger partial charge in [0.1, 0.15) is 11.5 Å².